The van der Waals surface area contributed by atoms with Crippen LogP contribution in [0.25, 0.3) is 0 Å². The van der Waals surface area contributed by atoms with Gasteiger partial charge in [-0.3, -0.25) is 0 Å². The van der Waals surface area contributed by atoms with Crippen LogP contribution in [0.4, 0.5) is 0 Å². The minimum atomic E-state index is 0.848. The van der Waals surface area contributed by atoms with Gasteiger partial charge in [0.05, 0.1) is 0 Å². The zero-order valence-corrected chi connectivity index (χ0v) is 10.5. The summed E-state index contributed by atoms with van der Waals surface area (Å²) in [5.41, 5.74) is 0. The Labute approximate surface area is 91.0 Å². The molecule has 1 rings (SSSR count). The highest BCUT2D eigenvalue weighted by molar-refractivity contribution is 9.09. The fourth-order valence-corrected chi connectivity index (χ4v) is 3.04. The molecule has 0 aromatic heterocycles. The fraction of sp³-hybridized carbons (Fsp3) is 1.00. The van der Waals surface area contributed by atoms with Crippen molar-refractivity contribution in [2.75, 3.05) is 18.4 Å². The van der Waals surface area contributed by atoms with Crippen LogP contribution in [-0.4, -0.2) is 29.4 Å². The molecular weight excluding hydrogens is 226 g/mol. The molecule has 78 valence electrons. The summed E-state index contributed by atoms with van der Waals surface area (Å²) in [6.45, 7) is 7.31. The molecule has 1 saturated heterocycles. The maximum atomic E-state index is 3.53. The first-order chi connectivity index (χ1) is 6.31. The van der Waals surface area contributed by atoms with E-state index in [1.807, 2.05) is 0 Å². The van der Waals surface area contributed by atoms with Gasteiger partial charge >= 0.3 is 0 Å². The molecular formula is C11H22BrN. The number of hydrogen-bond acceptors (Lipinski definition) is 1. The molecule has 0 spiro atoms. The molecule has 1 unspecified atom stereocenters. The molecule has 0 saturated carbocycles. The van der Waals surface area contributed by atoms with Crippen LogP contribution in [0.15, 0.2) is 0 Å². The number of hydrogen-bond donors (Lipinski definition) is 0. The lowest BCUT2D eigenvalue weighted by Gasteiger charge is -2.25. The van der Waals surface area contributed by atoms with Gasteiger partial charge in [-0.25, -0.2) is 0 Å². The smallest absolute Gasteiger partial charge is 0.00901 e. The zero-order valence-electron chi connectivity index (χ0n) is 8.93. The van der Waals surface area contributed by atoms with E-state index in [1.165, 1.54) is 44.1 Å². The molecule has 13 heavy (non-hydrogen) atoms. The molecule has 0 radical (unpaired) electrons. The van der Waals surface area contributed by atoms with Gasteiger partial charge in [0.25, 0.3) is 0 Å². The largest absolute Gasteiger partial charge is 0.300 e. The summed E-state index contributed by atoms with van der Waals surface area (Å²) >= 11 is 3.53. The minimum Gasteiger partial charge on any atom is -0.300 e. The zero-order chi connectivity index (χ0) is 9.68. The Kier molecular flexibility index (Phi) is 5.34. The SMILES string of the molecule is CCC(CC)N1CCC(CCBr)C1. The summed E-state index contributed by atoms with van der Waals surface area (Å²) in [5, 5.41) is 1.18. The molecule has 0 bridgehead atoms. The second-order valence-electron chi connectivity index (χ2n) is 4.10. The highest BCUT2D eigenvalue weighted by atomic mass is 79.9. The second kappa shape index (κ2) is 6.02. The van der Waals surface area contributed by atoms with Gasteiger partial charge in [-0.2, -0.15) is 0 Å². The lowest BCUT2D eigenvalue weighted by atomic mass is 10.1. The molecule has 1 fully saturated rings. The Morgan fingerprint density at radius 1 is 1.38 bits per heavy atom. The van der Waals surface area contributed by atoms with Gasteiger partial charge < -0.3 is 4.90 Å². The standard InChI is InChI=1S/C11H22BrN/c1-3-11(4-2)13-8-6-10(9-13)5-7-12/h10-11H,3-9H2,1-2H3. The van der Waals surface area contributed by atoms with Gasteiger partial charge in [-0.1, -0.05) is 29.8 Å². The normalized spacial score (nSPS) is 24.5. The molecule has 0 N–H and O–H groups in total. The van der Waals surface area contributed by atoms with Gasteiger partial charge in [-0.05, 0) is 38.1 Å². The third-order valence-electron chi connectivity index (χ3n) is 3.29. The van der Waals surface area contributed by atoms with Crippen LogP contribution in [0.2, 0.25) is 0 Å². The second-order valence-corrected chi connectivity index (χ2v) is 4.89. The van der Waals surface area contributed by atoms with Crippen molar-refractivity contribution in [3.63, 3.8) is 0 Å². The van der Waals surface area contributed by atoms with Crippen LogP contribution < -0.4 is 0 Å². The van der Waals surface area contributed by atoms with Crippen molar-refractivity contribution in [3.05, 3.63) is 0 Å². The predicted octanol–water partition coefficient (Wildman–Crippen LogP) is 3.28. The lowest BCUT2D eigenvalue weighted by Crippen LogP contribution is -2.32. The van der Waals surface area contributed by atoms with Crippen molar-refractivity contribution in [1.29, 1.82) is 0 Å². The van der Waals surface area contributed by atoms with Crippen LogP contribution in [0, 0.1) is 5.92 Å². The first kappa shape index (κ1) is 11.5. The summed E-state index contributed by atoms with van der Waals surface area (Å²) in [6, 6.07) is 0.848. The first-order valence-corrected chi connectivity index (χ1v) is 6.73. The Bertz CT molecular complexity index is 134. The van der Waals surface area contributed by atoms with Gasteiger partial charge in [0, 0.05) is 17.9 Å². The van der Waals surface area contributed by atoms with Crippen LogP contribution in [0.5, 0.6) is 0 Å². The predicted molar refractivity (Wildman–Crippen MR) is 62.5 cm³/mol. The number of rotatable bonds is 5. The van der Waals surface area contributed by atoms with Crippen molar-refractivity contribution in [2.45, 2.75) is 45.6 Å². The molecule has 1 aliphatic heterocycles. The topological polar surface area (TPSA) is 3.24 Å². The van der Waals surface area contributed by atoms with E-state index in [2.05, 4.69) is 34.7 Å². The Hall–Kier alpha value is 0.440. The quantitative estimate of drug-likeness (QED) is 0.675. The van der Waals surface area contributed by atoms with Gasteiger partial charge in [0.2, 0.25) is 0 Å². The molecule has 2 heteroatoms. The molecule has 1 atom stereocenters. The number of nitrogens with zero attached hydrogens (tertiary/aromatic N) is 1. The summed E-state index contributed by atoms with van der Waals surface area (Å²) in [5.74, 6) is 0.958. The van der Waals surface area contributed by atoms with Crippen molar-refractivity contribution in [1.82, 2.24) is 4.90 Å². The molecule has 0 amide bonds. The monoisotopic (exact) mass is 247 g/mol. The highest BCUT2D eigenvalue weighted by Crippen LogP contribution is 2.24. The van der Waals surface area contributed by atoms with Crippen molar-refractivity contribution in [3.8, 4) is 0 Å². The van der Waals surface area contributed by atoms with Crippen molar-refractivity contribution < 1.29 is 0 Å². The number of alkyl halides is 1. The number of likely N-dealkylation sites (tertiary alicyclic amines) is 1. The Morgan fingerprint density at radius 3 is 2.62 bits per heavy atom. The minimum absolute atomic E-state index is 0.848. The fourth-order valence-electron chi connectivity index (χ4n) is 2.39. The van der Waals surface area contributed by atoms with E-state index in [-0.39, 0.29) is 0 Å². The van der Waals surface area contributed by atoms with Crippen LogP contribution in [-0.2, 0) is 0 Å². The molecule has 0 aromatic rings. The maximum absolute atomic E-state index is 3.53. The third kappa shape index (κ3) is 3.25. The Morgan fingerprint density at radius 2 is 2.08 bits per heavy atom. The Balaban J connectivity index is 2.30. The van der Waals surface area contributed by atoms with E-state index in [9.17, 15) is 0 Å². The summed E-state index contributed by atoms with van der Waals surface area (Å²) in [7, 11) is 0. The van der Waals surface area contributed by atoms with Gasteiger partial charge in [-0.15, -0.1) is 0 Å². The van der Waals surface area contributed by atoms with E-state index >= 15 is 0 Å². The maximum Gasteiger partial charge on any atom is 0.00901 e. The first-order valence-electron chi connectivity index (χ1n) is 5.61. The highest BCUT2D eigenvalue weighted by Gasteiger charge is 2.25. The summed E-state index contributed by atoms with van der Waals surface area (Å²) < 4.78 is 0. The van der Waals surface area contributed by atoms with E-state index in [1.54, 1.807) is 0 Å². The third-order valence-corrected chi connectivity index (χ3v) is 3.75. The van der Waals surface area contributed by atoms with Gasteiger partial charge in [0.15, 0.2) is 0 Å². The molecule has 0 aliphatic carbocycles. The van der Waals surface area contributed by atoms with E-state index in [0.717, 1.165) is 12.0 Å². The molecule has 0 aromatic carbocycles. The van der Waals surface area contributed by atoms with E-state index < -0.39 is 0 Å². The summed E-state index contributed by atoms with van der Waals surface area (Å²) in [4.78, 5) is 2.69. The van der Waals surface area contributed by atoms with Crippen LogP contribution in [0.3, 0.4) is 0 Å². The van der Waals surface area contributed by atoms with E-state index in [0.29, 0.717) is 0 Å². The van der Waals surface area contributed by atoms with Crippen molar-refractivity contribution >= 4 is 15.9 Å². The number of halogens is 1. The molecule has 1 aliphatic rings. The molecule has 1 heterocycles. The summed E-state index contributed by atoms with van der Waals surface area (Å²) in [6.07, 6.45) is 5.41. The average molecular weight is 248 g/mol. The van der Waals surface area contributed by atoms with Crippen molar-refractivity contribution in [2.24, 2.45) is 5.92 Å². The van der Waals surface area contributed by atoms with Gasteiger partial charge in [0.1, 0.15) is 0 Å². The molecule has 1 nitrogen and oxygen atoms in total. The average Bonchev–Trinajstić information content (AvgIpc) is 2.56. The van der Waals surface area contributed by atoms with Crippen LogP contribution in [0.1, 0.15) is 39.5 Å². The van der Waals surface area contributed by atoms with E-state index in [4.69, 9.17) is 0 Å². The van der Waals surface area contributed by atoms with Crippen LogP contribution >= 0.6 is 15.9 Å². The lowest BCUT2D eigenvalue weighted by molar-refractivity contribution is 0.221.